The maximum Gasteiger partial charge on any atom is 0.295 e. The third-order valence-corrected chi connectivity index (χ3v) is 7.13. The molecule has 0 radical (unpaired) electrons. The zero-order valence-electron chi connectivity index (χ0n) is 22.2. The van der Waals surface area contributed by atoms with E-state index in [9.17, 15) is 14.7 Å². The van der Waals surface area contributed by atoms with Crippen molar-refractivity contribution in [1.29, 1.82) is 0 Å². The molecule has 2 aromatic rings. The molecule has 2 aromatic carbocycles. The number of unbranched alkanes of at least 4 members (excludes halogenated alkanes) is 1. The Hall–Kier alpha value is -3.16. The van der Waals surface area contributed by atoms with Gasteiger partial charge in [-0.15, -0.1) is 0 Å². The summed E-state index contributed by atoms with van der Waals surface area (Å²) in [6.07, 6.45) is 2.75. The van der Waals surface area contributed by atoms with Crippen molar-refractivity contribution in [2.24, 2.45) is 0 Å². The molecular formula is C30H38N2O5. The van der Waals surface area contributed by atoms with Crippen LogP contribution in [-0.2, 0) is 14.3 Å². The van der Waals surface area contributed by atoms with Crippen LogP contribution in [0.25, 0.3) is 5.76 Å². The minimum absolute atomic E-state index is 0.122. The Balaban J connectivity index is 1.66. The second-order valence-corrected chi connectivity index (χ2v) is 9.89. The molecule has 0 saturated carbocycles. The Bertz CT molecular complexity index is 1140. The maximum atomic E-state index is 13.4. The van der Waals surface area contributed by atoms with Gasteiger partial charge in [-0.1, -0.05) is 43.2 Å². The average molecular weight is 507 g/mol. The Morgan fingerprint density at radius 3 is 2.46 bits per heavy atom. The molecule has 1 N–H and O–H groups in total. The lowest BCUT2D eigenvalue weighted by Gasteiger charge is -2.29. The maximum absolute atomic E-state index is 13.4. The summed E-state index contributed by atoms with van der Waals surface area (Å²) < 4.78 is 11.2. The lowest BCUT2D eigenvalue weighted by Crippen LogP contribution is -2.38. The number of aliphatic hydroxyl groups is 1. The second kappa shape index (κ2) is 12.4. The minimum Gasteiger partial charge on any atom is -0.507 e. The first-order chi connectivity index (χ1) is 17.9. The number of ketones is 1. The number of hydrogen-bond acceptors (Lipinski definition) is 6. The number of aryl methyl sites for hydroxylation is 2. The van der Waals surface area contributed by atoms with Gasteiger partial charge in [-0.05, 0) is 56.0 Å². The summed E-state index contributed by atoms with van der Waals surface area (Å²) >= 11 is 0. The fraction of sp³-hybridized carbons (Fsp3) is 0.467. The van der Waals surface area contributed by atoms with Crippen LogP contribution in [0.2, 0.25) is 0 Å². The van der Waals surface area contributed by atoms with E-state index < -0.39 is 17.7 Å². The summed E-state index contributed by atoms with van der Waals surface area (Å²) in [7, 11) is 0. The van der Waals surface area contributed by atoms with Crippen LogP contribution in [0, 0.1) is 13.8 Å². The fourth-order valence-electron chi connectivity index (χ4n) is 4.96. The normalized spacial score (nSPS) is 20.0. The number of aliphatic hydroxyl groups excluding tert-OH is 1. The molecule has 2 heterocycles. The molecule has 1 amide bonds. The predicted octanol–water partition coefficient (Wildman–Crippen LogP) is 4.63. The summed E-state index contributed by atoms with van der Waals surface area (Å²) in [6.45, 7) is 11.0. The number of carbonyl (C=O) groups excluding carboxylic acids is 2. The van der Waals surface area contributed by atoms with E-state index in [1.54, 1.807) is 4.90 Å². The molecule has 1 atom stereocenters. The van der Waals surface area contributed by atoms with Gasteiger partial charge in [0.2, 0.25) is 0 Å². The monoisotopic (exact) mass is 506 g/mol. The van der Waals surface area contributed by atoms with E-state index >= 15 is 0 Å². The van der Waals surface area contributed by atoms with E-state index in [2.05, 4.69) is 11.8 Å². The molecule has 0 bridgehead atoms. The summed E-state index contributed by atoms with van der Waals surface area (Å²) in [6, 6.07) is 12.6. The predicted molar refractivity (Wildman–Crippen MR) is 144 cm³/mol. The van der Waals surface area contributed by atoms with Gasteiger partial charge in [-0.3, -0.25) is 14.5 Å². The van der Waals surface area contributed by atoms with Crippen molar-refractivity contribution in [2.75, 3.05) is 46.0 Å². The highest BCUT2D eigenvalue weighted by Crippen LogP contribution is 2.40. The molecule has 7 nitrogen and oxygen atoms in total. The number of carbonyl (C=O) groups is 2. The van der Waals surface area contributed by atoms with Crippen molar-refractivity contribution in [2.45, 2.75) is 46.1 Å². The Morgan fingerprint density at radius 1 is 1.03 bits per heavy atom. The van der Waals surface area contributed by atoms with Gasteiger partial charge in [0.15, 0.2) is 0 Å². The van der Waals surface area contributed by atoms with E-state index in [1.165, 1.54) is 0 Å². The van der Waals surface area contributed by atoms with Crippen molar-refractivity contribution in [3.05, 3.63) is 70.3 Å². The molecular weight excluding hydrogens is 468 g/mol. The lowest BCUT2D eigenvalue weighted by molar-refractivity contribution is -0.140. The molecule has 4 rings (SSSR count). The summed E-state index contributed by atoms with van der Waals surface area (Å²) in [4.78, 5) is 30.6. The van der Waals surface area contributed by atoms with Crippen LogP contribution in [0.5, 0.6) is 5.75 Å². The van der Waals surface area contributed by atoms with Gasteiger partial charge in [-0.2, -0.15) is 0 Å². The number of hydrogen-bond donors (Lipinski definition) is 1. The zero-order valence-corrected chi connectivity index (χ0v) is 22.2. The zero-order chi connectivity index (χ0) is 26.4. The number of nitrogens with zero attached hydrogens (tertiary/aromatic N) is 2. The molecule has 2 aliphatic rings. The van der Waals surface area contributed by atoms with Crippen LogP contribution in [0.15, 0.2) is 48.0 Å². The molecule has 0 aliphatic carbocycles. The van der Waals surface area contributed by atoms with E-state index in [-0.39, 0.29) is 11.3 Å². The van der Waals surface area contributed by atoms with Crippen LogP contribution in [-0.4, -0.2) is 72.6 Å². The molecule has 1 unspecified atom stereocenters. The van der Waals surface area contributed by atoms with Crippen LogP contribution in [0.1, 0.15) is 54.5 Å². The molecule has 0 spiro atoms. The topological polar surface area (TPSA) is 79.3 Å². The summed E-state index contributed by atoms with van der Waals surface area (Å²) in [5.74, 6) is -0.584. The van der Waals surface area contributed by atoms with Gasteiger partial charge in [-0.25, -0.2) is 0 Å². The molecule has 37 heavy (non-hydrogen) atoms. The van der Waals surface area contributed by atoms with Crippen LogP contribution in [0.3, 0.4) is 0 Å². The number of benzene rings is 2. The van der Waals surface area contributed by atoms with Gasteiger partial charge in [0.1, 0.15) is 11.5 Å². The summed E-state index contributed by atoms with van der Waals surface area (Å²) in [5, 5.41) is 11.4. The number of Topliss-reactive ketones (excluding diaryl/α,β-unsaturated/α-hetero) is 1. The Labute approximate surface area is 219 Å². The highest BCUT2D eigenvalue weighted by Gasteiger charge is 2.46. The molecule has 2 saturated heterocycles. The van der Waals surface area contributed by atoms with E-state index in [0.717, 1.165) is 61.3 Å². The van der Waals surface area contributed by atoms with Gasteiger partial charge in [0, 0.05) is 31.7 Å². The van der Waals surface area contributed by atoms with E-state index in [0.29, 0.717) is 31.9 Å². The van der Waals surface area contributed by atoms with Crippen molar-refractivity contribution in [3.8, 4) is 5.75 Å². The van der Waals surface area contributed by atoms with Crippen molar-refractivity contribution in [3.63, 3.8) is 0 Å². The van der Waals surface area contributed by atoms with Crippen molar-refractivity contribution < 1.29 is 24.2 Å². The van der Waals surface area contributed by atoms with Crippen LogP contribution >= 0.6 is 0 Å². The van der Waals surface area contributed by atoms with Gasteiger partial charge in [0.25, 0.3) is 11.7 Å². The van der Waals surface area contributed by atoms with Crippen molar-refractivity contribution >= 4 is 17.4 Å². The number of amides is 1. The Kier molecular flexibility index (Phi) is 9.00. The van der Waals surface area contributed by atoms with E-state index in [4.69, 9.17) is 9.47 Å². The van der Waals surface area contributed by atoms with Crippen LogP contribution in [0.4, 0.5) is 0 Å². The van der Waals surface area contributed by atoms with Crippen molar-refractivity contribution in [1.82, 2.24) is 9.80 Å². The Morgan fingerprint density at radius 2 is 1.76 bits per heavy atom. The van der Waals surface area contributed by atoms with Gasteiger partial charge in [0.05, 0.1) is 31.4 Å². The average Bonchev–Trinajstić information content (AvgIpc) is 3.16. The van der Waals surface area contributed by atoms with Gasteiger partial charge >= 0.3 is 0 Å². The quantitative estimate of drug-likeness (QED) is 0.219. The molecule has 7 heteroatoms. The first-order valence-corrected chi connectivity index (χ1v) is 13.3. The first-order valence-electron chi connectivity index (χ1n) is 13.3. The highest BCUT2D eigenvalue weighted by molar-refractivity contribution is 6.46. The number of ether oxygens (including phenoxy) is 2. The van der Waals surface area contributed by atoms with Gasteiger partial charge < -0.3 is 19.5 Å². The molecule has 0 aromatic heterocycles. The summed E-state index contributed by atoms with van der Waals surface area (Å²) in [5.41, 5.74) is 3.32. The standard InChI is InChI=1S/C30H38N2O5/c1-4-5-17-37-24-11-9-23(10-12-24)27-26(28(33)25-20-21(2)7-8-22(25)3)29(34)30(35)32(27)14-6-13-31-15-18-36-19-16-31/h7-12,20,27,33H,4-6,13-19H2,1-3H3. The second-order valence-electron chi connectivity index (χ2n) is 9.89. The number of likely N-dealkylation sites (tertiary alicyclic amines) is 1. The molecule has 2 aliphatic heterocycles. The number of rotatable bonds is 10. The SMILES string of the molecule is CCCCOc1ccc(C2C(=C(O)c3cc(C)ccc3C)C(=O)C(=O)N2CCCN2CCOCC2)cc1. The van der Waals surface area contributed by atoms with Crippen LogP contribution < -0.4 is 4.74 Å². The highest BCUT2D eigenvalue weighted by atomic mass is 16.5. The molecule has 198 valence electrons. The third-order valence-electron chi connectivity index (χ3n) is 7.13. The fourth-order valence-corrected chi connectivity index (χ4v) is 4.96. The first kappa shape index (κ1) is 26.9. The lowest BCUT2D eigenvalue weighted by atomic mass is 9.93. The van der Waals surface area contributed by atoms with E-state index in [1.807, 2.05) is 56.3 Å². The third kappa shape index (κ3) is 6.22. The number of morpholine rings is 1. The largest absolute Gasteiger partial charge is 0.507 e. The smallest absolute Gasteiger partial charge is 0.295 e. The molecule has 2 fully saturated rings. The minimum atomic E-state index is -0.658.